The number of aryl methyl sites for hydroxylation is 3. The minimum atomic E-state index is -0.867. The summed E-state index contributed by atoms with van der Waals surface area (Å²) in [5.74, 6) is 1.94. The maximum atomic E-state index is 13.1. The molecule has 1 N–H and O–H groups in total. The number of imidazole rings is 1. The number of aliphatic hydroxyl groups excluding tert-OH is 1. The van der Waals surface area contributed by atoms with E-state index in [-0.39, 0.29) is 13.2 Å². The Balaban J connectivity index is 1.68. The van der Waals surface area contributed by atoms with E-state index in [1.165, 1.54) is 17.2 Å². The van der Waals surface area contributed by atoms with Crippen LogP contribution in [0.5, 0.6) is 5.75 Å². The summed E-state index contributed by atoms with van der Waals surface area (Å²) in [5.41, 5.74) is 2.11. The Morgan fingerprint density at radius 2 is 1.82 bits per heavy atom. The molecule has 0 spiro atoms. The molecule has 0 saturated carbocycles. The lowest BCUT2D eigenvalue weighted by molar-refractivity contribution is 0.0935. The van der Waals surface area contributed by atoms with Crippen LogP contribution in [0.25, 0.3) is 11.2 Å². The summed E-state index contributed by atoms with van der Waals surface area (Å²) in [6.45, 7) is 8.12. The number of aliphatic hydroxyl groups is 1. The Bertz CT molecular complexity index is 1280. The Morgan fingerprint density at radius 1 is 1.12 bits per heavy atom. The van der Waals surface area contributed by atoms with Crippen molar-refractivity contribution in [1.29, 1.82) is 0 Å². The topological polar surface area (TPSA) is 94.5 Å². The normalized spacial score (nSPS) is 15.9. The Labute approximate surface area is 192 Å². The van der Waals surface area contributed by atoms with E-state index in [4.69, 9.17) is 9.72 Å². The second kappa shape index (κ2) is 9.05. The number of nitrogens with zero attached hydrogens (tertiary/aromatic N) is 5. The molecule has 178 valence electrons. The molecule has 4 rings (SSSR count). The predicted molar refractivity (Wildman–Crippen MR) is 128 cm³/mol. The number of aromatic nitrogens is 4. The van der Waals surface area contributed by atoms with Crippen LogP contribution in [-0.4, -0.2) is 49.6 Å². The highest BCUT2D eigenvalue weighted by atomic mass is 16.5. The fraction of sp³-hybridized carbons (Fsp3) is 0.542. The second-order valence-electron chi connectivity index (χ2n) is 9.28. The van der Waals surface area contributed by atoms with Gasteiger partial charge in [-0.15, -0.1) is 0 Å². The summed E-state index contributed by atoms with van der Waals surface area (Å²) in [6.07, 6.45) is 1.19. The van der Waals surface area contributed by atoms with E-state index in [1.54, 1.807) is 11.6 Å². The van der Waals surface area contributed by atoms with Gasteiger partial charge in [0, 0.05) is 27.2 Å². The molecule has 9 heteroatoms. The molecule has 9 nitrogen and oxygen atoms in total. The zero-order valence-electron chi connectivity index (χ0n) is 20.0. The zero-order chi connectivity index (χ0) is 23.9. The van der Waals surface area contributed by atoms with Crippen LogP contribution in [0.2, 0.25) is 0 Å². The third kappa shape index (κ3) is 4.42. The van der Waals surface area contributed by atoms with Crippen molar-refractivity contribution in [2.24, 2.45) is 20.0 Å². The van der Waals surface area contributed by atoms with Crippen molar-refractivity contribution in [3.63, 3.8) is 0 Å². The first-order valence-corrected chi connectivity index (χ1v) is 11.5. The molecule has 1 aliphatic heterocycles. The maximum Gasteiger partial charge on any atom is 0.332 e. The fourth-order valence-electron chi connectivity index (χ4n) is 4.32. The van der Waals surface area contributed by atoms with E-state index in [0.717, 1.165) is 36.1 Å². The molecule has 0 radical (unpaired) electrons. The summed E-state index contributed by atoms with van der Waals surface area (Å²) in [6, 6.07) is 5.81. The maximum absolute atomic E-state index is 13.1. The summed E-state index contributed by atoms with van der Waals surface area (Å²) in [4.78, 5) is 32.4. The third-order valence-corrected chi connectivity index (χ3v) is 6.71. The first-order valence-electron chi connectivity index (χ1n) is 11.5. The smallest absolute Gasteiger partial charge is 0.332 e. The van der Waals surface area contributed by atoms with E-state index in [9.17, 15) is 14.7 Å². The van der Waals surface area contributed by atoms with Gasteiger partial charge in [0.05, 0.1) is 6.54 Å². The Hall–Kier alpha value is -3.07. The quantitative estimate of drug-likeness (QED) is 0.608. The summed E-state index contributed by atoms with van der Waals surface area (Å²) in [5, 5.41) is 10.8. The molecule has 3 heterocycles. The molecule has 1 aromatic carbocycles. The first kappa shape index (κ1) is 23.1. The summed E-state index contributed by atoms with van der Waals surface area (Å²) < 4.78 is 10.1. The summed E-state index contributed by atoms with van der Waals surface area (Å²) in [7, 11) is 3.08. The van der Waals surface area contributed by atoms with E-state index >= 15 is 0 Å². The van der Waals surface area contributed by atoms with Crippen molar-refractivity contribution in [1.82, 2.24) is 18.7 Å². The van der Waals surface area contributed by atoms with Crippen molar-refractivity contribution in [2.45, 2.75) is 46.3 Å². The predicted octanol–water partition coefficient (Wildman–Crippen LogP) is 1.73. The van der Waals surface area contributed by atoms with Crippen LogP contribution >= 0.6 is 0 Å². The molecule has 0 amide bonds. The number of piperidine rings is 1. The van der Waals surface area contributed by atoms with Gasteiger partial charge < -0.3 is 19.3 Å². The average molecular weight is 456 g/mol. The van der Waals surface area contributed by atoms with E-state index < -0.39 is 17.4 Å². The highest BCUT2D eigenvalue weighted by molar-refractivity contribution is 5.74. The number of ether oxygens (including phenoxy) is 1. The van der Waals surface area contributed by atoms with Crippen molar-refractivity contribution in [2.75, 3.05) is 24.6 Å². The third-order valence-electron chi connectivity index (χ3n) is 6.71. The molecule has 1 aliphatic rings. The number of rotatable bonds is 6. The van der Waals surface area contributed by atoms with Gasteiger partial charge in [0.25, 0.3) is 5.56 Å². The van der Waals surface area contributed by atoms with Crippen LogP contribution in [0.1, 0.15) is 30.9 Å². The number of hydrogen-bond acceptors (Lipinski definition) is 6. The Kier molecular flexibility index (Phi) is 6.34. The molecule has 0 aliphatic carbocycles. The second-order valence-corrected chi connectivity index (χ2v) is 9.28. The number of fused-ring (bicyclic) bond motifs is 1. The van der Waals surface area contributed by atoms with Crippen LogP contribution in [0.3, 0.4) is 0 Å². The zero-order valence-corrected chi connectivity index (χ0v) is 20.0. The lowest BCUT2D eigenvalue weighted by Crippen LogP contribution is -2.38. The van der Waals surface area contributed by atoms with Crippen LogP contribution in [0.15, 0.2) is 27.8 Å². The van der Waals surface area contributed by atoms with Gasteiger partial charge in [-0.2, -0.15) is 4.98 Å². The molecule has 33 heavy (non-hydrogen) atoms. The highest BCUT2D eigenvalue weighted by Crippen LogP contribution is 2.25. The molecule has 3 aromatic rings. The molecular weight excluding hydrogens is 422 g/mol. The number of anilines is 1. The molecule has 0 bridgehead atoms. The van der Waals surface area contributed by atoms with Crippen LogP contribution in [-0.2, 0) is 20.6 Å². The van der Waals surface area contributed by atoms with Crippen LogP contribution in [0.4, 0.5) is 5.95 Å². The summed E-state index contributed by atoms with van der Waals surface area (Å²) >= 11 is 0. The SMILES string of the molecule is Cc1ccc(OC[C@@H](O)Cn2c(N3CCC(C)CC3)nc3c2c(=O)n(C)c(=O)n3C)cc1C. The van der Waals surface area contributed by atoms with Gasteiger partial charge in [0.2, 0.25) is 5.95 Å². The van der Waals surface area contributed by atoms with Crippen LogP contribution < -0.4 is 20.9 Å². The van der Waals surface area contributed by atoms with Gasteiger partial charge in [-0.05, 0) is 55.9 Å². The van der Waals surface area contributed by atoms with Crippen molar-refractivity contribution >= 4 is 17.1 Å². The number of benzene rings is 1. The van der Waals surface area contributed by atoms with Gasteiger partial charge >= 0.3 is 5.69 Å². The lowest BCUT2D eigenvalue weighted by Gasteiger charge is -2.31. The standard InChI is InChI=1S/C24H33N5O4/c1-15-8-10-28(11-9-15)23-25-21-20(22(31)27(5)24(32)26(21)4)29(23)13-18(30)14-33-19-7-6-16(2)17(3)12-19/h6-7,12,15,18,30H,8-11,13-14H2,1-5H3/t18-/m0/s1. The first-order chi connectivity index (χ1) is 15.7. The molecule has 1 saturated heterocycles. The fourth-order valence-corrected chi connectivity index (χ4v) is 4.32. The van der Waals surface area contributed by atoms with Gasteiger partial charge in [-0.3, -0.25) is 13.9 Å². The average Bonchev–Trinajstić information content (AvgIpc) is 3.16. The molecular formula is C24H33N5O4. The number of hydrogen-bond donors (Lipinski definition) is 1. The van der Waals surface area contributed by atoms with Crippen molar-refractivity contribution in [3.05, 3.63) is 50.2 Å². The van der Waals surface area contributed by atoms with Crippen LogP contribution in [0, 0.1) is 19.8 Å². The Morgan fingerprint density at radius 3 is 2.48 bits per heavy atom. The highest BCUT2D eigenvalue weighted by Gasteiger charge is 2.26. The largest absolute Gasteiger partial charge is 0.491 e. The van der Waals surface area contributed by atoms with Crippen molar-refractivity contribution in [3.8, 4) is 5.75 Å². The van der Waals surface area contributed by atoms with Gasteiger partial charge in [0.15, 0.2) is 11.2 Å². The lowest BCUT2D eigenvalue weighted by atomic mass is 10.00. The van der Waals surface area contributed by atoms with Gasteiger partial charge in [-0.1, -0.05) is 13.0 Å². The van der Waals surface area contributed by atoms with E-state index in [0.29, 0.717) is 28.8 Å². The van der Waals surface area contributed by atoms with Gasteiger partial charge in [-0.25, -0.2) is 4.79 Å². The molecule has 1 fully saturated rings. The minimum Gasteiger partial charge on any atom is -0.491 e. The monoisotopic (exact) mass is 455 g/mol. The molecule has 2 aromatic heterocycles. The molecule has 0 unspecified atom stereocenters. The molecule has 1 atom stereocenters. The van der Waals surface area contributed by atoms with E-state index in [1.807, 2.05) is 32.0 Å². The van der Waals surface area contributed by atoms with E-state index in [2.05, 4.69) is 11.8 Å². The minimum absolute atomic E-state index is 0.0741. The van der Waals surface area contributed by atoms with Gasteiger partial charge in [0.1, 0.15) is 18.5 Å². The van der Waals surface area contributed by atoms with Crippen molar-refractivity contribution < 1.29 is 9.84 Å².